The van der Waals surface area contributed by atoms with Crippen LogP contribution in [0.4, 0.5) is 35.9 Å². The van der Waals surface area contributed by atoms with Crippen LogP contribution in [0.5, 0.6) is 0 Å². The molecule has 12 heteroatoms. The minimum absolute atomic E-state index is 0.0547. The zero-order chi connectivity index (χ0) is 22.9. The minimum atomic E-state index is -4.70. The summed E-state index contributed by atoms with van der Waals surface area (Å²) < 4.78 is 38.7. The van der Waals surface area contributed by atoms with Crippen LogP contribution in [0.2, 0.25) is 0 Å². The third kappa shape index (κ3) is 4.57. The highest BCUT2D eigenvalue weighted by Gasteiger charge is 2.34. The molecule has 0 unspecified atom stereocenters. The summed E-state index contributed by atoms with van der Waals surface area (Å²) in [6, 6.07) is 6.53. The van der Waals surface area contributed by atoms with Gasteiger partial charge in [0.1, 0.15) is 11.4 Å². The smallest absolute Gasteiger partial charge is 0.362 e. The quantitative estimate of drug-likeness (QED) is 0.393. The molecule has 164 valence electrons. The lowest BCUT2D eigenvalue weighted by molar-refractivity contribution is -0.384. The number of anilines is 2. The summed E-state index contributed by atoms with van der Waals surface area (Å²) in [6.07, 6.45) is -4.70. The highest BCUT2D eigenvalue weighted by atomic mass is 19.4. The Morgan fingerprint density at radius 1 is 0.871 bits per heavy atom. The van der Waals surface area contributed by atoms with E-state index in [9.17, 15) is 38.2 Å². The Labute approximate surface area is 174 Å². The van der Waals surface area contributed by atoms with E-state index in [1.165, 1.54) is 25.1 Å². The molecule has 0 amide bonds. The van der Waals surface area contributed by atoms with Gasteiger partial charge in [-0.1, -0.05) is 0 Å². The van der Waals surface area contributed by atoms with Crippen molar-refractivity contribution >= 4 is 28.5 Å². The van der Waals surface area contributed by atoms with Gasteiger partial charge in [-0.2, -0.15) is 13.2 Å². The fourth-order valence-corrected chi connectivity index (χ4v) is 3.46. The van der Waals surface area contributed by atoms with Gasteiger partial charge in [0.2, 0.25) is 0 Å². The van der Waals surface area contributed by atoms with Gasteiger partial charge in [0, 0.05) is 43.9 Å². The molecule has 1 fully saturated rings. The second kappa shape index (κ2) is 8.20. The molecule has 1 heterocycles. The van der Waals surface area contributed by atoms with E-state index in [1.807, 2.05) is 0 Å². The number of hydrogen-bond donors (Lipinski definition) is 0. The number of nitro benzene ring substituents is 2. The fraction of sp³-hybridized carbons (Fsp3) is 0.316. The second-order valence-corrected chi connectivity index (χ2v) is 6.95. The van der Waals surface area contributed by atoms with Gasteiger partial charge in [0.15, 0.2) is 5.78 Å². The monoisotopic (exact) mass is 438 g/mol. The van der Waals surface area contributed by atoms with E-state index in [1.54, 1.807) is 9.80 Å². The first kappa shape index (κ1) is 22.0. The lowest BCUT2D eigenvalue weighted by Crippen LogP contribution is -2.47. The van der Waals surface area contributed by atoms with E-state index in [0.29, 0.717) is 11.8 Å². The Morgan fingerprint density at radius 2 is 1.32 bits per heavy atom. The first-order valence-corrected chi connectivity index (χ1v) is 9.14. The van der Waals surface area contributed by atoms with Crippen molar-refractivity contribution in [3.8, 4) is 0 Å². The minimum Gasteiger partial charge on any atom is -0.362 e. The molecule has 1 aliphatic rings. The van der Waals surface area contributed by atoms with Crippen LogP contribution in [0.15, 0.2) is 36.4 Å². The maximum Gasteiger partial charge on any atom is 0.416 e. The lowest BCUT2D eigenvalue weighted by Gasteiger charge is -2.36. The van der Waals surface area contributed by atoms with Gasteiger partial charge in [-0.25, -0.2) is 0 Å². The van der Waals surface area contributed by atoms with Crippen LogP contribution in [0, 0.1) is 20.2 Å². The third-order valence-electron chi connectivity index (χ3n) is 5.04. The SMILES string of the molecule is CC(=O)c1ccc(N2CCN(c3ccc(C(F)(F)F)cc3[N+](=O)[O-])CC2)c([N+](=O)[O-])c1. The standard InChI is InChI=1S/C19H17F3N4O5/c1-12(27)13-2-4-15(17(10-13)25(28)29)23-6-8-24(9-7-23)16-5-3-14(19(20,21)22)11-18(16)26(30)31/h2-5,10-11H,6-9H2,1H3. The highest BCUT2D eigenvalue weighted by molar-refractivity contribution is 5.95. The highest BCUT2D eigenvalue weighted by Crippen LogP contribution is 2.37. The van der Waals surface area contributed by atoms with Crippen molar-refractivity contribution in [3.63, 3.8) is 0 Å². The summed E-state index contributed by atoms with van der Waals surface area (Å²) >= 11 is 0. The van der Waals surface area contributed by atoms with Gasteiger partial charge in [-0.15, -0.1) is 0 Å². The molecule has 2 aromatic carbocycles. The number of alkyl halides is 3. The molecule has 0 atom stereocenters. The number of carbonyl (C=O) groups excluding carboxylic acids is 1. The second-order valence-electron chi connectivity index (χ2n) is 6.95. The van der Waals surface area contributed by atoms with Crippen molar-refractivity contribution in [2.75, 3.05) is 36.0 Å². The summed E-state index contributed by atoms with van der Waals surface area (Å²) in [5, 5.41) is 22.8. The molecule has 0 saturated carbocycles. The molecular weight excluding hydrogens is 421 g/mol. The Balaban J connectivity index is 1.84. The van der Waals surface area contributed by atoms with E-state index < -0.39 is 27.3 Å². The largest absolute Gasteiger partial charge is 0.416 e. The summed E-state index contributed by atoms with van der Waals surface area (Å²) in [5.74, 6) is -0.311. The average Bonchev–Trinajstić information content (AvgIpc) is 2.72. The van der Waals surface area contributed by atoms with Gasteiger partial charge in [-0.3, -0.25) is 25.0 Å². The predicted octanol–water partition coefficient (Wildman–Crippen LogP) is 4.05. The number of benzene rings is 2. The van der Waals surface area contributed by atoms with E-state index >= 15 is 0 Å². The van der Waals surface area contributed by atoms with Crippen molar-refractivity contribution in [1.29, 1.82) is 0 Å². The molecule has 2 aromatic rings. The molecule has 31 heavy (non-hydrogen) atoms. The van der Waals surface area contributed by atoms with E-state index in [2.05, 4.69) is 0 Å². The number of nitrogens with zero attached hydrogens (tertiary/aromatic N) is 4. The van der Waals surface area contributed by atoms with Crippen LogP contribution in [0.25, 0.3) is 0 Å². The molecule has 0 spiro atoms. The summed E-state index contributed by atoms with van der Waals surface area (Å²) in [5.41, 5.74) is -1.44. The Bertz CT molecular complexity index is 1050. The molecule has 3 rings (SSSR count). The van der Waals surface area contributed by atoms with Crippen molar-refractivity contribution in [2.24, 2.45) is 0 Å². The topological polar surface area (TPSA) is 110 Å². The molecule has 0 radical (unpaired) electrons. The first-order valence-electron chi connectivity index (χ1n) is 9.14. The average molecular weight is 438 g/mol. The molecule has 0 bridgehead atoms. The van der Waals surface area contributed by atoms with Crippen LogP contribution in [0.1, 0.15) is 22.8 Å². The van der Waals surface area contributed by atoms with Crippen molar-refractivity contribution in [1.82, 2.24) is 0 Å². The molecular formula is C19H17F3N4O5. The predicted molar refractivity (Wildman–Crippen MR) is 106 cm³/mol. The van der Waals surface area contributed by atoms with Gasteiger partial charge in [0.05, 0.1) is 15.4 Å². The van der Waals surface area contributed by atoms with Crippen LogP contribution >= 0.6 is 0 Å². The summed E-state index contributed by atoms with van der Waals surface area (Å²) in [6.45, 7) is 2.21. The Morgan fingerprint density at radius 3 is 1.74 bits per heavy atom. The first-order chi connectivity index (χ1) is 14.5. The number of Topliss-reactive ketones (excluding diaryl/α,β-unsaturated/α-hetero) is 1. The van der Waals surface area contributed by atoms with E-state index in [0.717, 1.165) is 12.1 Å². The van der Waals surface area contributed by atoms with Crippen LogP contribution in [-0.2, 0) is 6.18 Å². The zero-order valence-corrected chi connectivity index (χ0v) is 16.3. The normalized spacial score (nSPS) is 14.5. The molecule has 1 aliphatic heterocycles. The van der Waals surface area contributed by atoms with Crippen molar-refractivity contribution < 1.29 is 27.8 Å². The third-order valence-corrected chi connectivity index (χ3v) is 5.04. The summed E-state index contributed by atoms with van der Waals surface area (Å²) in [7, 11) is 0. The fourth-order valence-electron chi connectivity index (χ4n) is 3.46. The lowest BCUT2D eigenvalue weighted by atomic mass is 10.1. The Hall–Kier alpha value is -3.70. The van der Waals surface area contributed by atoms with Crippen molar-refractivity contribution in [3.05, 3.63) is 67.8 Å². The molecule has 0 aromatic heterocycles. The number of hydrogen-bond acceptors (Lipinski definition) is 7. The number of piperazine rings is 1. The Kier molecular flexibility index (Phi) is 5.82. The number of nitro groups is 2. The number of carbonyl (C=O) groups is 1. The maximum atomic E-state index is 12.9. The molecule has 1 saturated heterocycles. The number of halogens is 3. The summed E-state index contributed by atoms with van der Waals surface area (Å²) in [4.78, 5) is 36.1. The number of rotatable bonds is 5. The molecule has 0 N–H and O–H groups in total. The molecule has 0 aliphatic carbocycles. The van der Waals surface area contributed by atoms with Crippen LogP contribution < -0.4 is 9.80 Å². The van der Waals surface area contributed by atoms with E-state index in [-0.39, 0.29) is 48.9 Å². The van der Waals surface area contributed by atoms with Gasteiger partial charge < -0.3 is 9.80 Å². The molecule has 9 nitrogen and oxygen atoms in total. The maximum absolute atomic E-state index is 12.9. The van der Waals surface area contributed by atoms with E-state index in [4.69, 9.17) is 0 Å². The van der Waals surface area contributed by atoms with Crippen LogP contribution in [-0.4, -0.2) is 41.8 Å². The van der Waals surface area contributed by atoms with Gasteiger partial charge in [0.25, 0.3) is 11.4 Å². The van der Waals surface area contributed by atoms with Gasteiger partial charge in [-0.05, 0) is 31.2 Å². The zero-order valence-electron chi connectivity index (χ0n) is 16.3. The van der Waals surface area contributed by atoms with Crippen LogP contribution in [0.3, 0.4) is 0 Å². The van der Waals surface area contributed by atoms with Gasteiger partial charge >= 0.3 is 6.18 Å². The van der Waals surface area contributed by atoms with Crippen molar-refractivity contribution in [2.45, 2.75) is 13.1 Å². The number of ketones is 1.